The number of carbonyl (C=O) groups is 1. The summed E-state index contributed by atoms with van der Waals surface area (Å²) in [5.74, 6) is 1.19. The molecule has 0 spiro atoms. The summed E-state index contributed by atoms with van der Waals surface area (Å²) in [5, 5.41) is 3.00. The average molecular weight is 368 g/mol. The Labute approximate surface area is 147 Å². The molecule has 4 nitrogen and oxygen atoms in total. The van der Waals surface area contributed by atoms with Crippen LogP contribution in [-0.4, -0.2) is 25.5 Å². The summed E-state index contributed by atoms with van der Waals surface area (Å²) in [4.78, 5) is 13.1. The highest BCUT2D eigenvalue weighted by Crippen LogP contribution is 2.64. The van der Waals surface area contributed by atoms with Crippen LogP contribution < -0.4 is 5.32 Å². The zero-order valence-corrected chi connectivity index (χ0v) is 15.3. The van der Waals surface area contributed by atoms with Crippen molar-refractivity contribution in [3.8, 4) is 0 Å². The van der Waals surface area contributed by atoms with Gasteiger partial charge >= 0.3 is 0 Å². The Kier molecular flexibility index (Phi) is 3.56. The van der Waals surface area contributed by atoms with E-state index < -0.39 is 9.84 Å². The Morgan fingerprint density at radius 1 is 1.12 bits per heavy atom. The number of benzene rings is 1. The van der Waals surface area contributed by atoms with Gasteiger partial charge in [-0.3, -0.25) is 4.79 Å². The lowest BCUT2D eigenvalue weighted by Gasteiger charge is -2.59. The normalized spacial score (nSPS) is 37.4. The van der Waals surface area contributed by atoms with Gasteiger partial charge in [0.2, 0.25) is 5.91 Å². The molecule has 24 heavy (non-hydrogen) atoms. The highest BCUT2D eigenvalue weighted by molar-refractivity contribution is 7.90. The van der Waals surface area contributed by atoms with E-state index in [0.29, 0.717) is 17.5 Å². The van der Waals surface area contributed by atoms with Crippen molar-refractivity contribution in [3.63, 3.8) is 0 Å². The number of carbonyl (C=O) groups excluding carboxylic acids is 1. The maximum Gasteiger partial charge on any atom is 0.230 e. The fourth-order valence-electron chi connectivity index (χ4n) is 5.47. The quantitative estimate of drug-likeness (QED) is 0.830. The molecule has 0 saturated heterocycles. The van der Waals surface area contributed by atoms with E-state index in [4.69, 9.17) is 11.6 Å². The topological polar surface area (TPSA) is 63.2 Å². The van der Waals surface area contributed by atoms with Gasteiger partial charge in [0.25, 0.3) is 0 Å². The standard InChI is InChI=1S/C18H22ClNO3S/c1-24(22,23)15-4-2-14(3-5-15)20-16(21)17-7-12-6-13(8-17)10-18(19,9-12)11-17/h2-5,12-13H,6-11H2,1H3,(H,20,21)/t12-,13-,17?,18?/m1/s1. The van der Waals surface area contributed by atoms with E-state index in [2.05, 4.69) is 5.32 Å². The third kappa shape index (κ3) is 2.76. The summed E-state index contributed by atoms with van der Waals surface area (Å²) in [6, 6.07) is 6.39. The molecular formula is C18H22ClNO3S. The van der Waals surface area contributed by atoms with Crippen molar-refractivity contribution >= 4 is 33.0 Å². The predicted molar refractivity (Wildman–Crippen MR) is 93.9 cm³/mol. The maximum atomic E-state index is 13.0. The van der Waals surface area contributed by atoms with E-state index in [1.165, 1.54) is 24.8 Å². The molecule has 4 aliphatic rings. The van der Waals surface area contributed by atoms with Crippen LogP contribution in [0, 0.1) is 17.3 Å². The Morgan fingerprint density at radius 2 is 1.71 bits per heavy atom. The second-order valence-electron chi connectivity index (χ2n) is 8.14. The van der Waals surface area contributed by atoms with Gasteiger partial charge in [-0.05, 0) is 74.6 Å². The van der Waals surface area contributed by atoms with Crippen molar-refractivity contribution in [2.45, 2.75) is 48.3 Å². The molecule has 4 fully saturated rings. The van der Waals surface area contributed by atoms with Crippen LogP contribution in [0.3, 0.4) is 0 Å². The number of alkyl halides is 1. The highest BCUT2D eigenvalue weighted by Gasteiger charge is 2.60. The largest absolute Gasteiger partial charge is 0.326 e. The van der Waals surface area contributed by atoms with E-state index in [-0.39, 0.29) is 21.1 Å². The fraction of sp³-hybridized carbons (Fsp3) is 0.611. The second-order valence-corrected chi connectivity index (χ2v) is 11.0. The van der Waals surface area contributed by atoms with Crippen LogP contribution in [-0.2, 0) is 14.6 Å². The second kappa shape index (κ2) is 5.21. The van der Waals surface area contributed by atoms with Gasteiger partial charge < -0.3 is 5.32 Å². The molecular weight excluding hydrogens is 346 g/mol. The molecule has 1 N–H and O–H groups in total. The average Bonchev–Trinajstić information content (AvgIpc) is 2.44. The summed E-state index contributed by atoms with van der Waals surface area (Å²) < 4.78 is 23.1. The van der Waals surface area contributed by atoms with Gasteiger partial charge in [0.15, 0.2) is 9.84 Å². The Balaban J connectivity index is 1.54. The first-order chi connectivity index (χ1) is 11.2. The van der Waals surface area contributed by atoms with Gasteiger partial charge in [-0.25, -0.2) is 8.42 Å². The minimum atomic E-state index is -3.22. The lowest BCUT2D eigenvalue weighted by molar-refractivity contribution is -0.138. The smallest absolute Gasteiger partial charge is 0.230 e. The molecule has 4 bridgehead atoms. The summed E-state index contributed by atoms with van der Waals surface area (Å²) in [6.07, 6.45) is 7.12. The van der Waals surface area contributed by atoms with Crippen LogP contribution in [0.5, 0.6) is 0 Å². The van der Waals surface area contributed by atoms with E-state index in [1.54, 1.807) is 12.1 Å². The molecule has 0 heterocycles. The lowest BCUT2D eigenvalue weighted by atomic mass is 9.49. The van der Waals surface area contributed by atoms with Crippen LogP contribution in [0.2, 0.25) is 0 Å². The summed E-state index contributed by atoms with van der Waals surface area (Å²) >= 11 is 6.79. The van der Waals surface area contributed by atoms with Gasteiger partial charge in [-0.1, -0.05) is 0 Å². The molecule has 2 atom stereocenters. The van der Waals surface area contributed by atoms with Gasteiger partial charge in [-0.15, -0.1) is 11.6 Å². The highest BCUT2D eigenvalue weighted by atomic mass is 35.5. The van der Waals surface area contributed by atoms with Crippen LogP contribution in [0.25, 0.3) is 0 Å². The number of hydrogen-bond acceptors (Lipinski definition) is 3. The Hall–Kier alpha value is -1.07. The SMILES string of the molecule is CS(=O)(=O)c1ccc(NC(=O)C23C[C@H]4C[C@@H](CC(Cl)(C4)C2)C3)cc1. The summed E-state index contributed by atoms with van der Waals surface area (Å²) in [6.45, 7) is 0. The molecule has 0 aromatic heterocycles. The van der Waals surface area contributed by atoms with Crippen molar-refractivity contribution in [1.29, 1.82) is 0 Å². The van der Waals surface area contributed by atoms with E-state index in [0.717, 1.165) is 32.1 Å². The number of hydrogen-bond donors (Lipinski definition) is 1. The van der Waals surface area contributed by atoms with Gasteiger partial charge in [0.1, 0.15) is 0 Å². The number of nitrogens with one attached hydrogen (secondary N) is 1. The zero-order chi connectivity index (χ0) is 17.2. The van der Waals surface area contributed by atoms with Gasteiger partial charge in [0.05, 0.1) is 10.3 Å². The first kappa shape index (κ1) is 16.4. The number of rotatable bonds is 3. The van der Waals surface area contributed by atoms with Crippen LogP contribution >= 0.6 is 11.6 Å². The monoisotopic (exact) mass is 367 g/mol. The molecule has 0 aliphatic heterocycles. The lowest BCUT2D eigenvalue weighted by Crippen LogP contribution is -2.57. The Morgan fingerprint density at radius 3 is 2.21 bits per heavy atom. The molecule has 130 valence electrons. The zero-order valence-electron chi connectivity index (χ0n) is 13.7. The maximum absolute atomic E-state index is 13.0. The molecule has 4 aliphatic carbocycles. The van der Waals surface area contributed by atoms with Crippen molar-refractivity contribution in [2.24, 2.45) is 17.3 Å². The molecule has 0 radical (unpaired) electrons. The fourth-order valence-corrected chi connectivity index (χ4v) is 6.79. The summed E-state index contributed by atoms with van der Waals surface area (Å²) in [7, 11) is -3.22. The number of anilines is 1. The van der Waals surface area contributed by atoms with Gasteiger partial charge in [0, 0.05) is 16.8 Å². The molecule has 5 rings (SSSR count). The van der Waals surface area contributed by atoms with Crippen molar-refractivity contribution in [2.75, 3.05) is 11.6 Å². The van der Waals surface area contributed by atoms with E-state index in [9.17, 15) is 13.2 Å². The predicted octanol–water partition coefficient (Wildman–Crippen LogP) is 3.61. The number of halogens is 1. The van der Waals surface area contributed by atoms with Crippen LogP contribution in [0.1, 0.15) is 38.5 Å². The third-order valence-electron chi connectivity index (χ3n) is 6.01. The molecule has 1 aromatic carbocycles. The van der Waals surface area contributed by atoms with Crippen molar-refractivity contribution < 1.29 is 13.2 Å². The van der Waals surface area contributed by atoms with Crippen molar-refractivity contribution in [1.82, 2.24) is 0 Å². The van der Waals surface area contributed by atoms with E-state index >= 15 is 0 Å². The van der Waals surface area contributed by atoms with Crippen LogP contribution in [0.4, 0.5) is 5.69 Å². The third-order valence-corrected chi connectivity index (χ3v) is 7.58. The Bertz CT molecular complexity index is 773. The number of amides is 1. The van der Waals surface area contributed by atoms with Gasteiger partial charge in [-0.2, -0.15) is 0 Å². The minimum absolute atomic E-state index is 0.0498. The molecule has 4 saturated carbocycles. The molecule has 6 heteroatoms. The summed E-state index contributed by atoms with van der Waals surface area (Å²) in [5.41, 5.74) is 0.299. The first-order valence-electron chi connectivity index (χ1n) is 8.48. The molecule has 1 amide bonds. The number of sulfone groups is 1. The first-order valence-corrected chi connectivity index (χ1v) is 10.8. The molecule has 0 unspecified atom stereocenters. The van der Waals surface area contributed by atoms with Crippen molar-refractivity contribution in [3.05, 3.63) is 24.3 Å². The minimum Gasteiger partial charge on any atom is -0.326 e. The van der Waals surface area contributed by atoms with Crippen LogP contribution in [0.15, 0.2) is 29.2 Å². The van der Waals surface area contributed by atoms with E-state index in [1.807, 2.05) is 0 Å². The molecule has 1 aromatic rings.